The molecule has 0 aliphatic carbocycles. The molecule has 0 aliphatic heterocycles. The van der Waals surface area contributed by atoms with Gasteiger partial charge in [-0.15, -0.1) is 13.2 Å². The van der Waals surface area contributed by atoms with Gasteiger partial charge in [0, 0.05) is 17.5 Å². The van der Waals surface area contributed by atoms with Crippen LogP contribution in [-0.4, -0.2) is 41.0 Å². The van der Waals surface area contributed by atoms with Crippen LogP contribution in [0.2, 0.25) is 0 Å². The van der Waals surface area contributed by atoms with E-state index in [1.807, 2.05) is 6.92 Å². The molecule has 0 atom stereocenters. The van der Waals surface area contributed by atoms with Crippen molar-refractivity contribution in [3.05, 3.63) is 65.9 Å². The Bertz CT molecular complexity index is 1380. The number of benzene rings is 2. The maximum atomic E-state index is 12.3. The molecule has 0 saturated heterocycles. The number of alkyl halides is 3. The summed E-state index contributed by atoms with van der Waals surface area (Å²) >= 11 is 0. The number of nitrogens with zero attached hydrogens (tertiary/aromatic N) is 4. The summed E-state index contributed by atoms with van der Waals surface area (Å²) in [6.07, 6.45) is -3.62. The highest BCUT2D eigenvalue weighted by atomic mass is 32.2. The average Bonchev–Trinajstić information content (AvgIpc) is 3.35. The molecule has 0 aliphatic rings. The minimum atomic E-state index is -4.77. The van der Waals surface area contributed by atoms with Crippen LogP contribution in [-0.2, 0) is 16.4 Å². The lowest BCUT2D eigenvalue weighted by Gasteiger charge is -2.08. The minimum absolute atomic E-state index is 0.148. The van der Waals surface area contributed by atoms with Gasteiger partial charge in [-0.2, -0.15) is 10.1 Å². The largest absolute Gasteiger partial charge is 0.573 e. The van der Waals surface area contributed by atoms with Crippen LogP contribution in [0.3, 0.4) is 0 Å². The van der Waals surface area contributed by atoms with Crippen molar-refractivity contribution < 1.29 is 30.8 Å². The van der Waals surface area contributed by atoms with Crippen molar-refractivity contribution in [2.24, 2.45) is 0 Å². The Kier molecular flexibility index (Phi) is 5.70. The van der Waals surface area contributed by atoms with E-state index in [1.165, 1.54) is 12.1 Å². The van der Waals surface area contributed by atoms with E-state index in [9.17, 15) is 21.6 Å². The van der Waals surface area contributed by atoms with E-state index < -0.39 is 16.2 Å². The van der Waals surface area contributed by atoms with Crippen molar-refractivity contribution in [3.8, 4) is 28.7 Å². The van der Waals surface area contributed by atoms with Gasteiger partial charge in [-0.25, -0.2) is 8.42 Å². The fraction of sp³-hybridized carbons (Fsp3) is 0.190. The van der Waals surface area contributed by atoms with Gasteiger partial charge in [0.1, 0.15) is 5.75 Å². The summed E-state index contributed by atoms with van der Waals surface area (Å²) in [6, 6.07) is 13.4. The van der Waals surface area contributed by atoms with E-state index >= 15 is 0 Å². The van der Waals surface area contributed by atoms with E-state index in [0.717, 1.165) is 29.6 Å². The number of aromatic nitrogens is 4. The van der Waals surface area contributed by atoms with Crippen LogP contribution in [0.25, 0.3) is 23.0 Å². The Morgan fingerprint density at radius 1 is 1.06 bits per heavy atom. The summed E-state index contributed by atoms with van der Waals surface area (Å²) in [5, 5.41) is 8.33. The van der Waals surface area contributed by atoms with Crippen molar-refractivity contribution in [3.63, 3.8) is 0 Å². The first-order valence-electron chi connectivity index (χ1n) is 9.52. The summed E-state index contributed by atoms with van der Waals surface area (Å²) in [5.41, 5.74) is 2.54. The van der Waals surface area contributed by atoms with Crippen molar-refractivity contribution in [1.29, 1.82) is 0 Å². The van der Waals surface area contributed by atoms with E-state index in [4.69, 9.17) is 4.52 Å². The van der Waals surface area contributed by atoms with Gasteiger partial charge < -0.3 is 9.26 Å². The highest BCUT2D eigenvalue weighted by Crippen LogP contribution is 2.27. The molecule has 12 heteroatoms. The molecule has 0 fully saturated rings. The molecule has 0 bridgehead atoms. The molecular formula is C21H17F3N4O4S. The van der Waals surface area contributed by atoms with Gasteiger partial charge >= 0.3 is 6.36 Å². The summed E-state index contributed by atoms with van der Waals surface area (Å²) in [4.78, 5) is 4.51. The van der Waals surface area contributed by atoms with Gasteiger partial charge in [0.25, 0.3) is 5.89 Å². The van der Waals surface area contributed by atoms with Crippen molar-refractivity contribution in [2.45, 2.75) is 24.7 Å². The molecule has 2 heterocycles. The van der Waals surface area contributed by atoms with E-state index in [0.29, 0.717) is 17.8 Å². The number of rotatable bonds is 6. The Morgan fingerprint density at radius 2 is 1.73 bits per heavy atom. The zero-order valence-electron chi connectivity index (χ0n) is 17.4. The summed E-state index contributed by atoms with van der Waals surface area (Å²) in [7, 11) is -3.27. The number of ether oxygens (including phenoxy) is 1. The highest BCUT2D eigenvalue weighted by molar-refractivity contribution is 7.90. The molecule has 0 N–H and O–H groups in total. The second-order valence-corrected chi connectivity index (χ2v) is 9.26. The molecule has 0 amide bonds. The lowest BCUT2D eigenvalue weighted by Crippen LogP contribution is -2.16. The fourth-order valence-electron chi connectivity index (χ4n) is 3.04. The Balaban J connectivity index is 1.51. The van der Waals surface area contributed by atoms with Crippen LogP contribution >= 0.6 is 0 Å². The zero-order chi connectivity index (χ0) is 23.8. The third kappa shape index (κ3) is 5.40. The number of hydrogen-bond acceptors (Lipinski definition) is 7. The molecule has 172 valence electrons. The Hall–Kier alpha value is -3.67. The van der Waals surface area contributed by atoms with Crippen molar-refractivity contribution in [2.75, 3.05) is 6.26 Å². The first-order valence-corrected chi connectivity index (χ1v) is 11.4. The topological polar surface area (TPSA) is 100 Å². The molecule has 33 heavy (non-hydrogen) atoms. The monoisotopic (exact) mass is 478 g/mol. The molecule has 2 aromatic heterocycles. The third-order valence-corrected chi connectivity index (χ3v) is 5.78. The van der Waals surface area contributed by atoms with E-state index in [2.05, 4.69) is 20.0 Å². The number of sulfone groups is 1. The SMILES string of the molecule is Cc1cc(-c2nc(-c3ccc(OC(F)(F)F)cc3)no2)nn1Cc1ccc(S(C)(=O)=O)cc1. The predicted molar refractivity (Wildman–Crippen MR) is 111 cm³/mol. The maximum absolute atomic E-state index is 12.3. The quantitative estimate of drug-likeness (QED) is 0.408. The molecule has 8 nitrogen and oxygen atoms in total. The van der Waals surface area contributed by atoms with Gasteiger partial charge in [-0.3, -0.25) is 4.68 Å². The van der Waals surface area contributed by atoms with E-state index in [-0.39, 0.29) is 22.4 Å². The fourth-order valence-corrected chi connectivity index (χ4v) is 3.67. The summed E-state index contributed by atoms with van der Waals surface area (Å²) in [5.74, 6) is -0.0177. The zero-order valence-corrected chi connectivity index (χ0v) is 18.2. The van der Waals surface area contributed by atoms with Crippen LogP contribution in [0, 0.1) is 6.92 Å². The van der Waals surface area contributed by atoms with Crippen molar-refractivity contribution in [1.82, 2.24) is 19.9 Å². The van der Waals surface area contributed by atoms with Gasteiger partial charge in [0.15, 0.2) is 15.5 Å². The minimum Gasteiger partial charge on any atom is -0.406 e. The second-order valence-electron chi connectivity index (χ2n) is 7.24. The summed E-state index contributed by atoms with van der Waals surface area (Å²) in [6.45, 7) is 2.25. The first kappa shape index (κ1) is 22.5. The average molecular weight is 478 g/mol. The molecular weight excluding hydrogens is 461 g/mol. The smallest absolute Gasteiger partial charge is 0.406 e. The number of aryl methyl sites for hydroxylation is 1. The van der Waals surface area contributed by atoms with Gasteiger partial charge in [0.2, 0.25) is 5.82 Å². The molecule has 0 radical (unpaired) electrons. The Morgan fingerprint density at radius 3 is 2.33 bits per heavy atom. The van der Waals surface area contributed by atoms with Crippen LogP contribution in [0.15, 0.2) is 64.0 Å². The summed E-state index contributed by atoms with van der Waals surface area (Å²) < 4.78 is 70.9. The van der Waals surface area contributed by atoms with Gasteiger partial charge in [-0.05, 0) is 55.0 Å². The highest BCUT2D eigenvalue weighted by Gasteiger charge is 2.31. The van der Waals surface area contributed by atoms with Crippen LogP contribution in [0.5, 0.6) is 5.75 Å². The van der Waals surface area contributed by atoms with Gasteiger partial charge in [0.05, 0.1) is 11.4 Å². The predicted octanol–water partition coefficient (Wildman–Crippen LogP) is 4.26. The molecule has 4 aromatic rings. The molecule has 0 spiro atoms. The number of halogens is 3. The standard InChI is InChI=1S/C21H17F3N4O4S/c1-13-11-18(26-28(13)12-14-3-9-17(10-4-14)33(2,29)30)20-25-19(27-32-20)15-5-7-16(8-6-15)31-21(22,23)24/h3-11H,12H2,1-2H3. The van der Waals surface area contributed by atoms with Gasteiger partial charge in [-0.1, -0.05) is 17.3 Å². The van der Waals surface area contributed by atoms with Crippen LogP contribution < -0.4 is 4.74 Å². The molecule has 0 saturated carbocycles. The van der Waals surface area contributed by atoms with Crippen LogP contribution in [0.1, 0.15) is 11.3 Å². The lowest BCUT2D eigenvalue weighted by molar-refractivity contribution is -0.274. The third-order valence-electron chi connectivity index (χ3n) is 4.66. The Labute approximate surface area is 186 Å². The van der Waals surface area contributed by atoms with Crippen LogP contribution in [0.4, 0.5) is 13.2 Å². The second kappa shape index (κ2) is 8.35. The molecule has 2 aromatic carbocycles. The first-order chi connectivity index (χ1) is 15.5. The maximum Gasteiger partial charge on any atom is 0.573 e. The van der Waals surface area contributed by atoms with E-state index in [1.54, 1.807) is 35.0 Å². The number of hydrogen-bond donors (Lipinski definition) is 0. The lowest BCUT2D eigenvalue weighted by atomic mass is 10.2. The van der Waals surface area contributed by atoms with Crippen molar-refractivity contribution >= 4 is 9.84 Å². The normalized spacial score (nSPS) is 12.2. The molecule has 0 unspecified atom stereocenters. The molecule has 4 rings (SSSR count).